The molecule has 5 nitrogen and oxygen atoms in total. The molecule has 0 saturated heterocycles. The zero-order valence-electron chi connectivity index (χ0n) is 6.31. The van der Waals surface area contributed by atoms with Crippen LogP contribution in [0.4, 0.5) is 0 Å². The highest BCUT2D eigenvalue weighted by Crippen LogP contribution is 2.08. The fourth-order valence-corrected chi connectivity index (χ4v) is 1.12. The second kappa shape index (κ2) is 2.70. The van der Waals surface area contributed by atoms with E-state index < -0.39 is 5.97 Å². The van der Waals surface area contributed by atoms with Gasteiger partial charge in [-0.25, -0.2) is 14.8 Å². The van der Waals surface area contributed by atoms with Gasteiger partial charge in [-0.1, -0.05) is 11.6 Å². The van der Waals surface area contributed by atoms with Crippen LogP contribution in [0, 0.1) is 0 Å². The van der Waals surface area contributed by atoms with Crippen molar-refractivity contribution in [1.29, 1.82) is 0 Å². The summed E-state index contributed by atoms with van der Waals surface area (Å²) in [5.74, 6) is -0.761. The predicted octanol–water partition coefficient (Wildman–Crippen LogP) is 1.08. The molecule has 0 atom stereocenters. The Hall–Kier alpha value is -1.62. The second-order valence-electron chi connectivity index (χ2n) is 2.41. The summed E-state index contributed by atoms with van der Waals surface area (Å²) in [7, 11) is 0. The van der Waals surface area contributed by atoms with Gasteiger partial charge in [0.05, 0.1) is 11.2 Å². The summed E-state index contributed by atoms with van der Waals surface area (Å²) < 4.78 is 1.46. The molecule has 0 fully saturated rings. The van der Waals surface area contributed by atoms with Crippen molar-refractivity contribution in [2.24, 2.45) is 0 Å². The lowest BCUT2D eigenvalue weighted by molar-refractivity contribution is 0.0691. The summed E-state index contributed by atoms with van der Waals surface area (Å²) in [5, 5.41) is 9.05. The average molecular weight is 198 g/mol. The Bertz CT molecular complexity index is 480. The van der Waals surface area contributed by atoms with Crippen molar-refractivity contribution in [3.8, 4) is 0 Å². The standard InChI is InChI=1S/C7H4ClN3O2/c8-4-1-9-7-10-5(6(12)13)3-11(7)2-4/h1-3H,(H,12,13). The van der Waals surface area contributed by atoms with E-state index in [4.69, 9.17) is 16.7 Å². The number of hydrogen-bond donors (Lipinski definition) is 1. The highest BCUT2D eigenvalue weighted by atomic mass is 35.5. The smallest absolute Gasteiger partial charge is 0.356 e. The van der Waals surface area contributed by atoms with Crippen LogP contribution >= 0.6 is 11.6 Å². The van der Waals surface area contributed by atoms with Crippen molar-refractivity contribution < 1.29 is 9.90 Å². The summed E-state index contributed by atoms with van der Waals surface area (Å²) in [5.41, 5.74) is -0.0465. The third-order valence-electron chi connectivity index (χ3n) is 1.50. The molecule has 0 aromatic carbocycles. The molecule has 0 bridgehead atoms. The van der Waals surface area contributed by atoms with Gasteiger partial charge in [-0.15, -0.1) is 0 Å². The molecule has 0 aliphatic carbocycles. The van der Waals surface area contributed by atoms with E-state index in [1.165, 1.54) is 16.8 Å². The van der Waals surface area contributed by atoms with Gasteiger partial charge in [0.1, 0.15) is 0 Å². The van der Waals surface area contributed by atoms with E-state index in [-0.39, 0.29) is 5.69 Å². The lowest BCUT2D eigenvalue weighted by Crippen LogP contribution is -1.94. The van der Waals surface area contributed by atoms with Gasteiger partial charge in [0.25, 0.3) is 0 Å². The number of fused-ring (bicyclic) bond motifs is 1. The molecule has 0 aliphatic rings. The van der Waals surface area contributed by atoms with E-state index >= 15 is 0 Å². The summed E-state index contributed by atoms with van der Waals surface area (Å²) >= 11 is 5.65. The van der Waals surface area contributed by atoms with E-state index in [1.54, 1.807) is 6.20 Å². The first-order valence-corrected chi connectivity index (χ1v) is 3.78. The predicted molar refractivity (Wildman–Crippen MR) is 45.0 cm³/mol. The number of carboxylic acids is 1. The average Bonchev–Trinajstić information content (AvgIpc) is 2.46. The fourth-order valence-electron chi connectivity index (χ4n) is 0.963. The van der Waals surface area contributed by atoms with Crippen LogP contribution < -0.4 is 0 Å². The number of imidazole rings is 1. The first-order chi connectivity index (χ1) is 6.16. The van der Waals surface area contributed by atoms with Crippen molar-refractivity contribution >= 4 is 23.3 Å². The Morgan fingerprint density at radius 1 is 1.54 bits per heavy atom. The number of halogens is 1. The monoisotopic (exact) mass is 197 g/mol. The maximum Gasteiger partial charge on any atom is 0.356 e. The molecule has 0 unspecified atom stereocenters. The van der Waals surface area contributed by atoms with Crippen LogP contribution in [0.2, 0.25) is 5.02 Å². The third-order valence-corrected chi connectivity index (χ3v) is 1.69. The van der Waals surface area contributed by atoms with Crippen molar-refractivity contribution in [3.63, 3.8) is 0 Å². The fraction of sp³-hybridized carbons (Fsp3) is 0. The van der Waals surface area contributed by atoms with Crippen LogP contribution in [0.1, 0.15) is 10.5 Å². The van der Waals surface area contributed by atoms with E-state index in [9.17, 15) is 4.79 Å². The number of carbonyl (C=O) groups is 1. The van der Waals surface area contributed by atoms with E-state index in [1.807, 2.05) is 0 Å². The largest absolute Gasteiger partial charge is 0.476 e. The number of hydrogen-bond acceptors (Lipinski definition) is 3. The van der Waals surface area contributed by atoms with Crippen molar-refractivity contribution in [1.82, 2.24) is 14.4 Å². The normalized spacial score (nSPS) is 10.5. The van der Waals surface area contributed by atoms with Gasteiger partial charge < -0.3 is 5.11 Å². The Morgan fingerprint density at radius 3 is 3.00 bits per heavy atom. The molecule has 0 saturated carbocycles. The van der Waals surface area contributed by atoms with Crippen molar-refractivity contribution in [3.05, 3.63) is 29.3 Å². The minimum absolute atomic E-state index is 0.0465. The molecule has 2 heterocycles. The molecular formula is C7H4ClN3O2. The highest BCUT2D eigenvalue weighted by molar-refractivity contribution is 6.30. The van der Waals surface area contributed by atoms with Crippen LogP contribution in [0.15, 0.2) is 18.6 Å². The Balaban J connectivity index is 2.68. The molecule has 6 heteroatoms. The molecule has 13 heavy (non-hydrogen) atoms. The van der Waals surface area contributed by atoms with Crippen LogP contribution in [-0.4, -0.2) is 25.4 Å². The number of nitrogens with zero attached hydrogens (tertiary/aromatic N) is 3. The third kappa shape index (κ3) is 1.33. The molecule has 66 valence electrons. The number of rotatable bonds is 1. The number of aromatic nitrogens is 3. The van der Waals surface area contributed by atoms with Crippen LogP contribution in [-0.2, 0) is 0 Å². The van der Waals surface area contributed by atoms with Gasteiger partial charge in [-0.05, 0) is 0 Å². The van der Waals surface area contributed by atoms with Crippen LogP contribution in [0.3, 0.4) is 0 Å². The molecule has 2 aromatic heterocycles. The SMILES string of the molecule is O=C(O)c1cn2cc(Cl)cnc2n1. The number of carboxylic acid groups (broad SMARTS) is 1. The van der Waals surface area contributed by atoms with Gasteiger partial charge in [0.2, 0.25) is 5.78 Å². The van der Waals surface area contributed by atoms with Crippen molar-refractivity contribution in [2.45, 2.75) is 0 Å². The zero-order chi connectivity index (χ0) is 9.42. The minimum Gasteiger partial charge on any atom is -0.476 e. The Morgan fingerprint density at radius 2 is 2.31 bits per heavy atom. The molecule has 1 N–H and O–H groups in total. The molecule has 0 radical (unpaired) electrons. The summed E-state index contributed by atoms with van der Waals surface area (Å²) in [6.07, 6.45) is 4.31. The van der Waals surface area contributed by atoms with Gasteiger partial charge >= 0.3 is 5.97 Å². The van der Waals surface area contributed by atoms with Crippen LogP contribution in [0.25, 0.3) is 5.78 Å². The topological polar surface area (TPSA) is 67.5 Å². The maximum absolute atomic E-state index is 10.5. The van der Waals surface area contributed by atoms with Crippen LogP contribution in [0.5, 0.6) is 0 Å². The Labute approximate surface area is 77.6 Å². The first kappa shape index (κ1) is 8.00. The summed E-state index contributed by atoms with van der Waals surface area (Å²) in [6.45, 7) is 0. The van der Waals surface area contributed by atoms with E-state index in [2.05, 4.69) is 9.97 Å². The van der Waals surface area contributed by atoms with Gasteiger partial charge in [0.15, 0.2) is 5.69 Å². The molecule has 2 rings (SSSR count). The van der Waals surface area contributed by atoms with Gasteiger partial charge in [0, 0.05) is 12.4 Å². The summed E-state index contributed by atoms with van der Waals surface area (Å²) in [6, 6.07) is 0. The summed E-state index contributed by atoms with van der Waals surface area (Å²) in [4.78, 5) is 18.1. The minimum atomic E-state index is -1.08. The second-order valence-corrected chi connectivity index (χ2v) is 2.85. The molecule has 2 aromatic rings. The molecule has 0 spiro atoms. The lowest BCUT2D eigenvalue weighted by Gasteiger charge is -1.90. The van der Waals surface area contributed by atoms with E-state index in [0.29, 0.717) is 10.8 Å². The molecule has 0 amide bonds. The van der Waals surface area contributed by atoms with Gasteiger partial charge in [-0.2, -0.15) is 0 Å². The zero-order valence-corrected chi connectivity index (χ0v) is 7.06. The molecular weight excluding hydrogens is 194 g/mol. The lowest BCUT2D eigenvalue weighted by atomic mass is 10.5. The highest BCUT2D eigenvalue weighted by Gasteiger charge is 2.08. The molecule has 0 aliphatic heterocycles. The number of aromatic carboxylic acids is 1. The maximum atomic E-state index is 10.5. The van der Waals surface area contributed by atoms with E-state index in [0.717, 1.165) is 0 Å². The Kier molecular flexibility index (Phi) is 1.66. The van der Waals surface area contributed by atoms with Gasteiger partial charge in [-0.3, -0.25) is 4.40 Å². The quantitative estimate of drug-likeness (QED) is 0.743. The van der Waals surface area contributed by atoms with Crippen molar-refractivity contribution in [2.75, 3.05) is 0 Å². The first-order valence-electron chi connectivity index (χ1n) is 3.40.